The summed E-state index contributed by atoms with van der Waals surface area (Å²) >= 11 is 0. The van der Waals surface area contributed by atoms with Crippen LogP contribution in [0.5, 0.6) is 0 Å². The Morgan fingerprint density at radius 3 is 2.62 bits per heavy atom. The first-order chi connectivity index (χ1) is 9.99. The van der Waals surface area contributed by atoms with Crippen molar-refractivity contribution >= 4 is 10.0 Å². The zero-order valence-corrected chi connectivity index (χ0v) is 13.8. The van der Waals surface area contributed by atoms with Gasteiger partial charge in [0.15, 0.2) is 0 Å². The minimum absolute atomic E-state index is 0.243. The fraction of sp³-hybridized carbons (Fsp3) is 0.625. The number of hydrogen-bond donors (Lipinski definition) is 0. The van der Waals surface area contributed by atoms with Crippen molar-refractivity contribution in [3.63, 3.8) is 0 Å². The average molecular weight is 310 g/mol. The van der Waals surface area contributed by atoms with Crippen LogP contribution in [0, 0.1) is 0 Å². The van der Waals surface area contributed by atoms with Gasteiger partial charge in [0.25, 0.3) is 0 Å². The Morgan fingerprint density at radius 1 is 1.24 bits per heavy atom. The lowest BCUT2D eigenvalue weighted by atomic mass is 9.90. The van der Waals surface area contributed by atoms with Crippen LogP contribution in [-0.4, -0.2) is 57.1 Å². The van der Waals surface area contributed by atoms with Crippen molar-refractivity contribution in [1.82, 2.24) is 9.21 Å². The summed E-state index contributed by atoms with van der Waals surface area (Å²) in [6.45, 7) is 3.01. The molecule has 1 aliphatic heterocycles. The summed E-state index contributed by atoms with van der Waals surface area (Å²) < 4.78 is 24.8. The molecular formula is C16H26N2O2S. The highest BCUT2D eigenvalue weighted by Gasteiger charge is 2.21. The van der Waals surface area contributed by atoms with E-state index in [1.165, 1.54) is 22.7 Å². The predicted octanol–water partition coefficient (Wildman–Crippen LogP) is 2.15. The van der Waals surface area contributed by atoms with E-state index in [1.54, 1.807) is 14.1 Å². The van der Waals surface area contributed by atoms with Crippen molar-refractivity contribution in [3.8, 4) is 0 Å². The van der Waals surface area contributed by atoms with Crippen LogP contribution in [-0.2, 0) is 10.0 Å². The topological polar surface area (TPSA) is 40.6 Å². The van der Waals surface area contributed by atoms with E-state index in [0.717, 1.165) is 19.6 Å². The van der Waals surface area contributed by atoms with E-state index >= 15 is 0 Å². The van der Waals surface area contributed by atoms with Gasteiger partial charge in [-0.15, -0.1) is 0 Å². The van der Waals surface area contributed by atoms with Crippen molar-refractivity contribution in [2.24, 2.45) is 0 Å². The highest BCUT2D eigenvalue weighted by atomic mass is 32.2. The second kappa shape index (κ2) is 7.38. The monoisotopic (exact) mass is 310 g/mol. The predicted molar refractivity (Wildman–Crippen MR) is 86.9 cm³/mol. The van der Waals surface area contributed by atoms with E-state index in [9.17, 15) is 8.42 Å². The number of likely N-dealkylation sites (tertiary alicyclic amines) is 1. The molecule has 1 fully saturated rings. The molecular weight excluding hydrogens is 284 g/mol. The third kappa shape index (κ3) is 4.80. The lowest BCUT2D eigenvalue weighted by Gasteiger charge is -2.33. The van der Waals surface area contributed by atoms with Crippen LogP contribution in [0.2, 0.25) is 0 Å². The minimum Gasteiger partial charge on any atom is -0.303 e. The van der Waals surface area contributed by atoms with Gasteiger partial charge in [0, 0.05) is 20.6 Å². The second-order valence-corrected chi connectivity index (χ2v) is 8.30. The van der Waals surface area contributed by atoms with Gasteiger partial charge >= 0.3 is 0 Å². The molecule has 0 amide bonds. The maximum atomic E-state index is 11.8. The lowest BCUT2D eigenvalue weighted by Crippen LogP contribution is -2.36. The highest BCUT2D eigenvalue weighted by Crippen LogP contribution is 2.26. The van der Waals surface area contributed by atoms with Crippen molar-refractivity contribution in [3.05, 3.63) is 35.9 Å². The average Bonchev–Trinajstić information content (AvgIpc) is 2.48. The first kappa shape index (κ1) is 16.5. The van der Waals surface area contributed by atoms with Gasteiger partial charge in [0.2, 0.25) is 10.0 Å². The fourth-order valence-electron chi connectivity index (χ4n) is 2.91. The molecule has 0 aliphatic carbocycles. The van der Waals surface area contributed by atoms with Crippen molar-refractivity contribution < 1.29 is 8.42 Å². The molecule has 1 aromatic rings. The summed E-state index contributed by atoms with van der Waals surface area (Å²) in [5.74, 6) is 0.831. The van der Waals surface area contributed by atoms with E-state index in [-0.39, 0.29) is 5.75 Å². The standard InChI is InChI=1S/C16H26N2O2S/c1-17(2)21(19,20)13-7-12-18-11-6-10-16(14-18)15-8-4-3-5-9-15/h3-5,8-9,16H,6-7,10-14H2,1-2H3/t16-/m1/s1. The zero-order valence-electron chi connectivity index (χ0n) is 13.0. The number of benzene rings is 1. The SMILES string of the molecule is CN(C)S(=O)(=O)CCCN1CCC[C@@H](c2ccccc2)C1. The summed E-state index contributed by atoms with van der Waals surface area (Å²) in [6, 6.07) is 10.6. The van der Waals surface area contributed by atoms with Crippen molar-refractivity contribution in [2.75, 3.05) is 39.5 Å². The Kier molecular flexibility index (Phi) is 5.79. The van der Waals surface area contributed by atoms with Gasteiger partial charge in [-0.25, -0.2) is 12.7 Å². The van der Waals surface area contributed by atoms with Gasteiger partial charge in [0.05, 0.1) is 5.75 Å². The van der Waals surface area contributed by atoms with Crippen LogP contribution in [0.4, 0.5) is 0 Å². The third-order valence-electron chi connectivity index (χ3n) is 4.21. The van der Waals surface area contributed by atoms with E-state index < -0.39 is 10.0 Å². The quantitative estimate of drug-likeness (QED) is 0.808. The normalized spacial score (nSPS) is 20.8. The van der Waals surface area contributed by atoms with Crippen LogP contribution in [0.1, 0.15) is 30.7 Å². The molecule has 0 bridgehead atoms. The van der Waals surface area contributed by atoms with Crippen LogP contribution < -0.4 is 0 Å². The molecule has 1 aromatic carbocycles. The molecule has 1 atom stereocenters. The summed E-state index contributed by atoms with van der Waals surface area (Å²) in [6.07, 6.45) is 3.14. The molecule has 0 spiro atoms. The Morgan fingerprint density at radius 2 is 1.95 bits per heavy atom. The maximum Gasteiger partial charge on any atom is 0.213 e. The van der Waals surface area contributed by atoms with Crippen LogP contribution in [0.3, 0.4) is 0 Å². The Hall–Kier alpha value is -0.910. The van der Waals surface area contributed by atoms with Crippen LogP contribution in [0.15, 0.2) is 30.3 Å². The summed E-state index contributed by atoms with van der Waals surface area (Å²) in [7, 11) is 0.140. The third-order valence-corrected chi connectivity index (χ3v) is 6.13. The molecule has 0 aromatic heterocycles. The Bertz CT molecular complexity index is 528. The second-order valence-electron chi connectivity index (χ2n) is 6.00. The van der Waals surface area contributed by atoms with E-state index in [1.807, 2.05) is 0 Å². The molecule has 0 N–H and O–H groups in total. The highest BCUT2D eigenvalue weighted by molar-refractivity contribution is 7.89. The van der Waals surface area contributed by atoms with Gasteiger partial charge in [0.1, 0.15) is 0 Å². The van der Waals surface area contributed by atoms with Gasteiger partial charge in [-0.3, -0.25) is 0 Å². The molecule has 4 nitrogen and oxygen atoms in total. The van der Waals surface area contributed by atoms with E-state index in [0.29, 0.717) is 12.3 Å². The van der Waals surface area contributed by atoms with Gasteiger partial charge in [-0.1, -0.05) is 30.3 Å². The molecule has 2 rings (SSSR count). The fourth-order valence-corrected chi connectivity index (χ4v) is 3.77. The number of hydrogen-bond acceptors (Lipinski definition) is 3. The van der Waals surface area contributed by atoms with Gasteiger partial charge in [-0.2, -0.15) is 0 Å². The van der Waals surface area contributed by atoms with Gasteiger partial charge in [-0.05, 0) is 43.8 Å². The Balaban J connectivity index is 1.82. The molecule has 118 valence electrons. The molecule has 0 radical (unpaired) electrons. The molecule has 5 heteroatoms. The zero-order chi connectivity index (χ0) is 15.3. The smallest absolute Gasteiger partial charge is 0.213 e. The molecule has 0 saturated carbocycles. The summed E-state index contributed by atoms with van der Waals surface area (Å²) in [5.41, 5.74) is 1.41. The van der Waals surface area contributed by atoms with E-state index in [4.69, 9.17) is 0 Å². The van der Waals surface area contributed by atoms with Crippen molar-refractivity contribution in [2.45, 2.75) is 25.2 Å². The number of piperidine rings is 1. The van der Waals surface area contributed by atoms with Crippen LogP contribution in [0.25, 0.3) is 0 Å². The summed E-state index contributed by atoms with van der Waals surface area (Å²) in [5, 5.41) is 0. The molecule has 1 heterocycles. The van der Waals surface area contributed by atoms with Crippen molar-refractivity contribution in [1.29, 1.82) is 0 Å². The van der Waals surface area contributed by atoms with E-state index in [2.05, 4.69) is 35.2 Å². The molecule has 1 saturated heterocycles. The number of nitrogens with zero attached hydrogens (tertiary/aromatic N) is 2. The van der Waals surface area contributed by atoms with Gasteiger partial charge < -0.3 is 4.90 Å². The Labute approximate surface area is 128 Å². The molecule has 21 heavy (non-hydrogen) atoms. The minimum atomic E-state index is -3.06. The molecule has 1 aliphatic rings. The first-order valence-corrected chi connectivity index (χ1v) is 9.27. The number of rotatable bonds is 6. The number of sulfonamides is 1. The lowest BCUT2D eigenvalue weighted by molar-refractivity contribution is 0.208. The largest absolute Gasteiger partial charge is 0.303 e. The maximum absolute atomic E-state index is 11.8. The summed E-state index contributed by atoms with van der Waals surface area (Å²) in [4.78, 5) is 2.41. The first-order valence-electron chi connectivity index (χ1n) is 7.66. The molecule has 0 unspecified atom stereocenters. The van der Waals surface area contributed by atoms with Crippen LogP contribution >= 0.6 is 0 Å².